The van der Waals surface area contributed by atoms with E-state index in [1.165, 1.54) is 49.5 Å². The minimum Gasteiger partial charge on any atom is -0.455 e. The Morgan fingerprint density at radius 1 is 0.489 bits per heavy atom. The molecule has 0 unspecified atom stereocenters. The van der Waals surface area contributed by atoms with Gasteiger partial charge in [-0.2, -0.15) is 0 Å². The van der Waals surface area contributed by atoms with Gasteiger partial charge in [-0.15, -0.1) is 0 Å². The first-order chi connectivity index (χ1) is 22.1. The van der Waals surface area contributed by atoms with Crippen LogP contribution in [-0.4, -0.2) is 0 Å². The van der Waals surface area contributed by atoms with Gasteiger partial charge in [0.15, 0.2) is 0 Å². The van der Waals surface area contributed by atoms with Gasteiger partial charge in [0, 0.05) is 38.8 Å². The highest BCUT2D eigenvalue weighted by atomic mass is 16.3. The first kappa shape index (κ1) is 25.9. The Morgan fingerprint density at radius 3 is 2.00 bits per heavy atom. The molecule has 0 saturated heterocycles. The zero-order chi connectivity index (χ0) is 30.1. The summed E-state index contributed by atoms with van der Waals surface area (Å²) in [5.74, 6) is 0. The molecule has 45 heavy (non-hydrogen) atoms. The maximum absolute atomic E-state index is 6.58. The van der Waals surface area contributed by atoms with Crippen LogP contribution < -0.4 is 4.90 Å². The van der Waals surface area contributed by atoms with E-state index in [9.17, 15) is 0 Å². The molecule has 0 amide bonds. The van der Waals surface area contributed by atoms with E-state index in [0.717, 1.165) is 33.6 Å². The van der Waals surface area contributed by atoms with Crippen molar-refractivity contribution in [2.75, 3.05) is 4.90 Å². The quantitative estimate of drug-likeness (QED) is 0.207. The Labute approximate surface area is 262 Å². The molecule has 9 rings (SSSR count). The van der Waals surface area contributed by atoms with Crippen molar-refractivity contribution in [2.24, 2.45) is 0 Å². The Kier molecular flexibility index (Phi) is 5.58. The Bertz CT molecular complexity index is 2400. The minimum absolute atomic E-state index is 0.130. The molecule has 2 heteroatoms. The van der Waals surface area contributed by atoms with Gasteiger partial charge in [-0.3, -0.25) is 0 Å². The van der Waals surface area contributed by atoms with Crippen LogP contribution in [0, 0.1) is 0 Å². The second kappa shape index (κ2) is 9.70. The summed E-state index contributed by atoms with van der Waals surface area (Å²) in [6.07, 6.45) is 0. The van der Waals surface area contributed by atoms with Gasteiger partial charge < -0.3 is 9.32 Å². The zero-order valence-electron chi connectivity index (χ0n) is 25.3. The highest BCUT2D eigenvalue weighted by Gasteiger charge is 2.38. The van der Waals surface area contributed by atoms with Crippen molar-refractivity contribution >= 4 is 49.8 Å². The van der Waals surface area contributed by atoms with Crippen molar-refractivity contribution in [3.8, 4) is 22.3 Å². The van der Waals surface area contributed by atoms with Gasteiger partial charge in [0.2, 0.25) is 0 Å². The van der Waals surface area contributed by atoms with Crippen LogP contribution in [0.25, 0.3) is 55.0 Å². The highest BCUT2D eigenvalue weighted by Crippen LogP contribution is 2.54. The third-order valence-corrected chi connectivity index (χ3v) is 9.65. The molecule has 0 radical (unpaired) electrons. The van der Waals surface area contributed by atoms with E-state index in [-0.39, 0.29) is 5.41 Å². The normalized spacial score (nSPS) is 13.3. The van der Waals surface area contributed by atoms with Crippen LogP contribution in [0.3, 0.4) is 0 Å². The average molecular weight is 578 g/mol. The molecule has 1 aromatic heterocycles. The number of para-hydroxylation sites is 2. The summed E-state index contributed by atoms with van der Waals surface area (Å²) in [5, 5.41) is 4.84. The summed E-state index contributed by atoms with van der Waals surface area (Å²) in [6.45, 7) is 4.65. The van der Waals surface area contributed by atoms with Crippen molar-refractivity contribution in [1.29, 1.82) is 0 Å². The molecule has 0 atom stereocenters. The van der Waals surface area contributed by atoms with Crippen LogP contribution in [0.1, 0.15) is 25.0 Å². The second-order valence-electron chi connectivity index (χ2n) is 12.6. The molecule has 0 spiro atoms. The molecule has 0 N–H and O–H groups in total. The van der Waals surface area contributed by atoms with Crippen LogP contribution >= 0.6 is 0 Å². The lowest BCUT2D eigenvalue weighted by Gasteiger charge is -2.27. The van der Waals surface area contributed by atoms with E-state index in [4.69, 9.17) is 4.42 Å². The van der Waals surface area contributed by atoms with Crippen LogP contribution in [-0.2, 0) is 5.41 Å². The van der Waals surface area contributed by atoms with E-state index < -0.39 is 0 Å². The molecule has 0 saturated carbocycles. The number of rotatable bonds is 4. The van der Waals surface area contributed by atoms with E-state index >= 15 is 0 Å². The summed E-state index contributed by atoms with van der Waals surface area (Å²) in [5.41, 5.74) is 12.7. The van der Waals surface area contributed by atoms with Gasteiger partial charge in [0.1, 0.15) is 11.2 Å². The lowest BCUT2D eigenvalue weighted by molar-refractivity contribution is 0.653. The first-order valence-electron chi connectivity index (χ1n) is 15.6. The van der Waals surface area contributed by atoms with E-state index in [1.54, 1.807) is 0 Å². The van der Waals surface area contributed by atoms with Gasteiger partial charge in [0.25, 0.3) is 0 Å². The highest BCUT2D eigenvalue weighted by molar-refractivity contribution is 6.12. The monoisotopic (exact) mass is 577 g/mol. The standard InChI is InChI=1S/C43H31NO/c1-43(2)38-24-22-34(27-37(38)41-39(43)25-23-36-35-14-8-9-15-40(35)45-42(36)41)44(32-12-4-3-5-13-32)33-20-18-29(19-21-33)31-17-16-28-10-6-7-11-30(28)26-31/h3-27H,1-2H3. The summed E-state index contributed by atoms with van der Waals surface area (Å²) in [4.78, 5) is 2.36. The lowest BCUT2D eigenvalue weighted by atomic mass is 9.82. The number of anilines is 3. The number of furan rings is 1. The minimum atomic E-state index is -0.130. The molecule has 214 valence electrons. The van der Waals surface area contributed by atoms with Crippen molar-refractivity contribution in [3.63, 3.8) is 0 Å². The molecule has 1 aliphatic rings. The number of nitrogens with zero attached hydrogens (tertiary/aromatic N) is 1. The van der Waals surface area contributed by atoms with Gasteiger partial charge in [-0.05, 0) is 87.1 Å². The number of benzene rings is 7. The fourth-order valence-electron chi connectivity index (χ4n) is 7.34. The number of hydrogen-bond acceptors (Lipinski definition) is 2. The second-order valence-corrected chi connectivity index (χ2v) is 12.6. The fraction of sp³-hybridized carbons (Fsp3) is 0.0698. The first-order valence-corrected chi connectivity index (χ1v) is 15.6. The maximum atomic E-state index is 6.58. The summed E-state index contributed by atoms with van der Waals surface area (Å²) in [7, 11) is 0. The van der Waals surface area contributed by atoms with Gasteiger partial charge in [-0.25, -0.2) is 0 Å². The summed E-state index contributed by atoms with van der Waals surface area (Å²) in [6, 6.07) is 54.7. The van der Waals surface area contributed by atoms with Gasteiger partial charge in [-0.1, -0.05) is 117 Å². The van der Waals surface area contributed by atoms with Crippen LogP contribution in [0.15, 0.2) is 156 Å². The summed E-state index contributed by atoms with van der Waals surface area (Å²) >= 11 is 0. The average Bonchev–Trinajstić information content (AvgIpc) is 3.57. The van der Waals surface area contributed by atoms with Crippen LogP contribution in [0.5, 0.6) is 0 Å². The fourth-order valence-corrected chi connectivity index (χ4v) is 7.34. The topological polar surface area (TPSA) is 16.4 Å². The third kappa shape index (κ3) is 3.96. The smallest absolute Gasteiger partial charge is 0.143 e. The van der Waals surface area contributed by atoms with E-state index in [1.807, 2.05) is 6.07 Å². The van der Waals surface area contributed by atoms with Gasteiger partial charge in [0.05, 0.1) is 0 Å². The predicted octanol–water partition coefficient (Wildman–Crippen LogP) is 12.2. The third-order valence-electron chi connectivity index (χ3n) is 9.65. The molecule has 8 aromatic rings. The predicted molar refractivity (Wildman–Crippen MR) is 189 cm³/mol. The van der Waals surface area contributed by atoms with E-state index in [0.29, 0.717) is 0 Å². The van der Waals surface area contributed by atoms with Crippen molar-refractivity contribution < 1.29 is 4.42 Å². The Morgan fingerprint density at radius 2 is 1.16 bits per heavy atom. The molecule has 7 aromatic carbocycles. The van der Waals surface area contributed by atoms with Crippen LogP contribution in [0.2, 0.25) is 0 Å². The molecule has 1 aliphatic carbocycles. The molecule has 0 fully saturated rings. The van der Waals surface area contributed by atoms with Crippen molar-refractivity contribution in [2.45, 2.75) is 19.3 Å². The maximum Gasteiger partial charge on any atom is 0.143 e. The Hall–Kier alpha value is -5.60. The summed E-state index contributed by atoms with van der Waals surface area (Å²) < 4.78 is 6.58. The van der Waals surface area contributed by atoms with Crippen molar-refractivity contribution in [3.05, 3.63) is 163 Å². The van der Waals surface area contributed by atoms with Gasteiger partial charge >= 0.3 is 0 Å². The number of hydrogen-bond donors (Lipinski definition) is 0. The molecule has 2 nitrogen and oxygen atoms in total. The molecular formula is C43H31NO. The molecule has 0 aliphatic heterocycles. The van der Waals surface area contributed by atoms with E-state index in [2.05, 4.69) is 164 Å². The molecule has 1 heterocycles. The number of fused-ring (bicyclic) bond motifs is 8. The van der Waals surface area contributed by atoms with Crippen molar-refractivity contribution in [1.82, 2.24) is 0 Å². The SMILES string of the molecule is CC1(C)c2ccc(N(c3ccccc3)c3ccc(-c4ccc5ccccc5c4)cc3)cc2-c2c1ccc1c2oc2ccccc21. The van der Waals surface area contributed by atoms with Crippen LogP contribution in [0.4, 0.5) is 17.1 Å². The zero-order valence-corrected chi connectivity index (χ0v) is 25.3. The Balaban J connectivity index is 1.20. The lowest BCUT2D eigenvalue weighted by Crippen LogP contribution is -2.15. The largest absolute Gasteiger partial charge is 0.455 e. The molecular weight excluding hydrogens is 546 g/mol. The molecule has 0 bridgehead atoms.